The first-order chi connectivity index (χ1) is 8.18. The largest absolute Gasteiger partial charge is 0.419 e. The van der Waals surface area contributed by atoms with Gasteiger partial charge in [0.05, 0.1) is 5.56 Å². The first-order valence-corrected chi connectivity index (χ1v) is 5.33. The second-order valence-electron chi connectivity index (χ2n) is 4.35. The topological polar surface area (TPSA) is 35.2 Å². The van der Waals surface area contributed by atoms with Crippen LogP contribution in [0.4, 0.5) is 17.6 Å². The summed E-state index contributed by atoms with van der Waals surface area (Å²) in [5, 5.41) is 0. The highest BCUT2D eigenvalue weighted by Crippen LogP contribution is 2.34. The molecule has 102 valence electrons. The van der Waals surface area contributed by atoms with E-state index in [0.717, 1.165) is 12.1 Å². The maximum absolute atomic E-state index is 13.1. The number of hydrogen-bond acceptors (Lipinski definition) is 2. The van der Waals surface area contributed by atoms with E-state index in [0.29, 0.717) is 13.0 Å². The van der Waals surface area contributed by atoms with Crippen LogP contribution in [0.5, 0.6) is 0 Å². The van der Waals surface area contributed by atoms with E-state index < -0.39 is 23.1 Å². The summed E-state index contributed by atoms with van der Waals surface area (Å²) in [5.74, 6) is -1.30. The summed E-state index contributed by atoms with van der Waals surface area (Å²) in [6, 6.07) is 2.81. The van der Waals surface area contributed by atoms with Crippen molar-refractivity contribution < 1.29 is 22.3 Å². The highest BCUT2D eigenvalue weighted by atomic mass is 19.4. The van der Waals surface area contributed by atoms with Crippen LogP contribution in [0.2, 0.25) is 0 Å². The Kier molecular flexibility index (Phi) is 4.34. The smallest absolute Gasteiger partial charge is 0.385 e. The van der Waals surface area contributed by atoms with Crippen molar-refractivity contribution in [3.63, 3.8) is 0 Å². The molecule has 0 amide bonds. The van der Waals surface area contributed by atoms with Crippen LogP contribution in [0.25, 0.3) is 0 Å². The zero-order valence-corrected chi connectivity index (χ0v) is 10.1. The summed E-state index contributed by atoms with van der Waals surface area (Å²) in [6.45, 7) is 1.89. The standard InChI is InChI=1S/C12H15F4NO/c1-11(17,5-6-18-2)8-3-4-10(13)9(7-8)12(14,15)16/h3-4,7H,5-6,17H2,1-2H3. The number of nitrogens with two attached hydrogens (primary N) is 1. The van der Waals surface area contributed by atoms with E-state index in [9.17, 15) is 17.6 Å². The molecule has 2 N–H and O–H groups in total. The minimum atomic E-state index is -4.72. The Hall–Kier alpha value is -1.14. The predicted molar refractivity (Wildman–Crippen MR) is 59.4 cm³/mol. The maximum Gasteiger partial charge on any atom is 0.419 e. The Labute approximate surface area is 103 Å². The average molecular weight is 265 g/mol. The van der Waals surface area contributed by atoms with E-state index in [-0.39, 0.29) is 5.56 Å². The van der Waals surface area contributed by atoms with Crippen LogP contribution >= 0.6 is 0 Å². The number of halogens is 4. The Morgan fingerprint density at radius 2 is 1.89 bits per heavy atom. The predicted octanol–water partition coefficient (Wildman–Crippen LogP) is 3.05. The van der Waals surface area contributed by atoms with Crippen LogP contribution in [0, 0.1) is 5.82 Å². The second-order valence-corrected chi connectivity index (χ2v) is 4.35. The third-order valence-electron chi connectivity index (χ3n) is 2.76. The van der Waals surface area contributed by atoms with Crippen molar-refractivity contribution in [2.75, 3.05) is 13.7 Å². The van der Waals surface area contributed by atoms with Gasteiger partial charge in [-0.3, -0.25) is 0 Å². The molecule has 1 rings (SSSR count). The lowest BCUT2D eigenvalue weighted by Gasteiger charge is -2.26. The average Bonchev–Trinajstić information content (AvgIpc) is 2.25. The molecule has 0 aromatic heterocycles. The molecule has 1 aromatic carbocycles. The minimum Gasteiger partial charge on any atom is -0.385 e. The van der Waals surface area contributed by atoms with Crippen LogP contribution in [-0.2, 0) is 16.5 Å². The molecule has 0 aliphatic heterocycles. The van der Waals surface area contributed by atoms with Gasteiger partial charge in [0.1, 0.15) is 5.82 Å². The van der Waals surface area contributed by atoms with Gasteiger partial charge < -0.3 is 10.5 Å². The third-order valence-corrected chi connectivity index (χ3v) is 2.76. The molecule has 1 atom stereocenters. The molecular formula is C12H15F4NO. The van der Waals surface area contributed by atoms with Gasteiger partial charge in [0.25, 0.3) is 0 Å². The molecule has 0 heterocycles. The number of alkyl halides is 3. The first-order valence-electron chi connectivity index (χ1n) is 5.33. The van der Waals surface area contributed by atoms with Crippen LogP contribution in [-0.4, -0.2) is 13.7 Å². The van der Waals surface area contributed by atoms with Gasteiger partial charge in [-0.15, -0.1) is 0 Å². The van der Waals surface area contributed by atoms with Gasteiger partial charge in [-0.05, 0) is 31.0 Å². The number of ether oxygens (including phenoxy) is 1. The molecule has 0 spiro atoms. The van der Waals surface area contributed by atoms with Gasteiger partial charge in [-0.25, -0.2) is 4.39 Å². The molecular weight excluding hydrogens is 250 g/mol. The number of benzene rings is 1. The fourth-order valence-corrected chi connectivity index (χ4v) is 1.56. The lowest BCUT2D eigenvalue weighted by atomic mass is 9.89. The number of rotatable bonds is 4. The van der Waals surface area contributed by atoms with Gasteiger partial charge in [-0.2, -0.15) is 13.2 Å². The van der Waals surface area contributed by atoms with Crippen molar-refractivity contribution >= 4 is 0 Å². The fraction of sp³-hybridized carbons (Fsp3) is 0.500. The SMILES string of the molecule is COCCC(C)(N)c1ccc(F)c(C(F)(F)F)c1. The normalized spacial score (nSPS) is 15.5. The maximum atomic E-state index is 13.1. The highest BCUT2D eigenvalue weighted by molar-refractivity contribution is 5.31. The molecule has 0 radical (unpaired) electrons. The second kappa shape index (κ2) is 5.24. The van der Waals surface area contributed by atoms with Gasteiger partial charge >= 0.3 is 6.18 Å². The number of methoxy groups -OCH3 is 1. The molecule has 0 fully saturated rings. The quantitative estimate of drug-likeness (QED) is 0.849. The molecule has 18 heavy (non-hydrogen) atoms. The van der Waals surface area contributed by atoms with Crippen LogP contribution in [0.15, 0.2) is 18.2 Å². The molecule has 0 saturated heterocycles. The molecule has 0 aliphatic carbocycles. The minimum absolute atomic E-state index is 0.230. The van der Waals surface area contributed by atoms with Crippen LogP contribution < -0.4 is 5.73 Å². The van der Waals surface area contributed by atoms with Crippen LogP contribution in [0.1, 0.15) is 24.5 Å². The van der Waals surface area contributed by atoms with Crippen molar-refractivity contribution in [2.45, 2.75) is 25.1 Å². The van der Waals surface area contributed by atoms with Gasteiger partial charge in [0, 0.05) is 19.3 Å². The van der Waals surface area contributed by atoms with Gasteiger partial charge in [0.15, 0.2) is 0 Å². The molecule has 0 bridgehead atoms. The van der Waals surface area contributed by atoms with Crippen molar-refractivity contribution in [3.8, 4) is 0 Å². The Morgan fingerprint density at radius 3 is 2.39 bits per heavy atom. The molecule has 2 nitrogen and oxygen atoms in total. The lowest BCUT2D eigenvalue weighted by molar-refractivity contribution is -0.140. The summed E-state index contributed by atoms with van der Waals surface area (Å²) in [6.07, 6.45) is -4.39. The van der Waals surface area contributed by atoms with E-state index in [1.54, 1.807) is 6.92 Å². The van der Waals surface area contributed by atoms with Crippen molar-refractivity contribution in [2.24, 2.45) is 5.73 Å². The van der Waals surface area contributed by atoms with Crippen molar-refractivity contribution in [1.29, 1.82) is 0 Å². The van der Waals surface area contributed by atoms with Crippen molar-refractivity contribution in [1.82, 2.24) is 0 Å². The fourth-order valence-electron chi connectivity index (χ4n) is 1.56. The van der Waals surface area contributed by atoms with E-state index in [2.05, 4.69) is 0 Å². The van der Waals surface area contributed by atoms with E-state index in [4.69, 9.17) is 10.5 Å². The van der Waals surface area contributed by atoms with Gasteiger partial charge in [0.2, 0.25) is 0 Å². The molecule has 0 saturated carbocycles. The zero-order valence-electron chi connectivity index (χ0n) is 10.1. The Balaban J connectivity index is 3.12. The van der Waals surface area contributed by atoms with E-state index in [1.165, 1.54) is 13.2 Å². The molecule has 0 aliphatic rings. The third kappa shape index (κ3) is 3.43. The van der Waals surface area contributed by atoms with Crippen LogP contribution in [0.3, 0.4) is 0 Å². The van der Waals surface area contributed by atoms with E-state index in [1.807, 2.05) is 0 Å². The lowest BCUT2D eigenvalue weighted by Crippen LogP contribution is -2.34. The number of hydrogen-bond donors (Lipinski definition) is 1. The zero-order chi connectivity index (χ0) is 14.0. The summed E-state index contributed by atoms with van der Waals surface area (Å²) >= 11 is 0. The summed E-state index contributed by atoms with van der Waals surface area (Å²) < 4.78 is 55.7. The summed E-state index contributed by atoms with van der Waals surface area (Å²) in [7, 11) is 1.47. The molecule has 6 heteroatoms. The summed E-state index contributed by atoms with van der Waals surface area (Å²) in [4.78, 5) is 0. The summed E-state index contributed by atoms with van der Waals surface area (Å²) in [5.41, 5.74) is 3.85. The first kappa shape index (κ1) is 14.9. The molecule has 1 unspecified atom stereocenters. The van der Waals surface area contributed by atoms with Gasteiger partial charge in [-0.1, -0.05) is 6.07 Å². The van der Waals surface area contributed by atoms with E-state index >= 15 is 0 Å². The molecule has 1 aromatic rings. The highest BCUT2D eigenvalue weighted by Gasteiger charge is 2.35. The monoisotopic (exact) mass is 265 g/mol. The Bertz CT molecular complexity index is 415. The van der Waals surface area contributed by atoms with Crippen molar-refractivity contribution in [3.05, 3.63) is 35.1 Å². The Morgan fingerprint density at radius 1 is 1.28 bits per heavy atom.